The third-order valence-electron chi connectivity index (χ3n) is 1.49. The Morgan fingerprint density at radius 3 is 2.75 bits per heavy atom. The first-order chi connectivity index (χ1) is 5.65. The van der Waals surface area contributed by atoms with E-state index in [-0.39, 0.29) is 5.69 Å². The van der Waals surface area contributed by atoms with Gasteiger partial charge in [-0.1, -0.05) is 0 Å². The fourth-order valence-corrected chi connectivity index (χ4v) is 0.841. The monoisotopic (exact) mass is 166 g/mol. The molecule has 0 N–H and O–H groups in total. The lowest BCUT2D eigenvalue weighted by Gasteiger charge is -2.00. The Hall–Kier alpha value is -1.58. The van der Waals surface area contributed by atoms with Crippen LogP contribution in [0, 0.1) is 17.0 Å². The predicted molar refractivity (Wildman–Crippen MR) is 44.1 cm³/mol. The van der Waals surface area contributed by atoms with Crippen LogP contribution in [0.1, 0.15) is 5.56 Å². The molecule has 0 aliphatic carbocycles. The van der Waals surface area contributed by atoms with E-state index in [1.165, 1.54) is 13.2 Å². The molecule has 1 aromatic rings. The molecule has 63 valence electrons. The van der Waals surface area contributed by atoms with Crippen molar-refractivity contribution in [3.8, 4) is 5.75 Å². The highest BCUT2D eigenvalue weighted by atomic mass is 16.6. The molecule has 0 aromatic heterocycles. The summed E-state index contributed by atoms with van der Waals surface area (Å²) in [5, 5.41) is 10.4. The third-order valence-corrected chi connectivity index (χ3v) is 1.49. The van der Waals surface area contributed by atoms with Crippen LogP contribution in [-0.4, -0.2) is 12.0 Å². The number of hydrogen-bond acceptors (Lipinski definition) is 3. The minimum Gasteiger partial charge on any atom is -0.497 e. The topological polar surface area (TPSA) is 52.4 Å². The molecule has 0 amide bonds. The Balaban J connectivity index is 3.17. The minimum atomic E-state index is -0.481. The molecule has 0 aliphatic heterocycles. The van der Waals surface area contributed by atoms with Crippen LogP contribution in [0.4, 0.5) is 5.69 Å². The molecular formula is C8H8NO3. The van der Waals surface area contributed by atoms with Gasteiger partial charge in [-0.25, -0.2) is 0 Å². The summed E-state index contributed by atoms with van der Waals surface area (Å²) in [5.41, 5.74) is 0.371. The number of methoxy groups -OCH3 is 1. The van der Waals surface area contributed by atoms with Crippen molar-refractivity contribution in [1.29, 1.82) is 0 Å². The van der Waals surface area contributed by atoms with Crippen LogP contribution in [0.5, 0.6) is 5.75 Å². The zero-order chi connectivity index (χ0) is 9.14. The third kappa shape index (κ3) is 1.53. The first-order valence-electron chi connectivity index (χ1n) is 3.29. The van der Waals surface area contributed by atoms with E-state index in [0.717, 1.165) is 0 Å². The smallest absolute Gasteiger partial charge is 0.276 e. The molecular weight excluding hydrogens is 158 g/mol. The summed E-state index contributed by atoms with van der Waals surface area (Å²) in [7, 11) is 1.46. The van der Waals surface area contributed by atoms with E-state index in [9.17, 15) is 10.1 Å². The summed E-state index contributed by atoms with van der Waals surface area (Å²) < 4.78 is 4.83. The average molecular weight is 166 g/mol. The first kappa shape index (κ1) is 8.52. The molecule has 0 spiro atoms. The highest BCUT2D eigenvalue weighted by Crippen LogP contribution is 2.23. The van der Waals surface area contributed by atoms with Crippen molar-refractivity contribution < 1.29 is 9.66 Å². The normalized spacial score (nSPS) is 9.50. The Bertz CT molecular complexity index is 309. The highest BCUT2D eigenvalue weighted by molar-refractivity contribution is 5.47. The molecule has 0 fully saturated rings. The van der Waals surface area contributed by atoms with Gasteiger partial charge in [0.15, 0.2) is 0 Å². The van der Waals surface area contributed by atoms with Crippen LogP contribution in [0.3, 0.4) is 0 Å². The van der Waals surface area contributed by atoms with E-state index in [1.807, 2.05) is 0 Å². The second-order valence-electron chi connectivity index (χ2n) is 2.25. The van der Waals surface area contributed by atoms with Crippen LogP contribution >= 0.6 is 0 Å². The zero-order valence-corrected chi connectivity index (χ0v) is 6.61. The molecule has 0 saturated heterocycles. The first-order valence-corrected chi connectivity index (χ1v) is 3.29. The van der Waals surface area contributed by atoms with Gasteiger partial charge >= 0.3 is 0 Å². The van der Waals surface area contributed by atoms with Gasteiger partial charge in [0.05, 0.1) is 18.1 Å². The summed E-state index contributed by atoms with van der Waals surface area (Å²) in [6.07, 6.45) is 0. The van der Waals surface area contributed by atoms with Crippen LogP contribution in [0.15, 0.2) is 18.2 Å². The molecule has 0 atom stereocenters. The number of rotatable bonds is 2. The van der Waals surface area contributed by atoms with E-state index in [0.29, 0.717) is 11.3 Å². The van der Waals surface area contributed by atoms with E-state index in [1.54, 1.807) is 12.1 Å². The second-order valence-corrected chi connectivity index (χ2v) is 2.25. The number of benzene rings is 1. The lowest BCUT2D eigenvalue weighted by molar-refractivity contribution is -0.385. The Kier molecular flexibility index (Phi) is 2.28. The quantitative estimate of drug-likeness (QED) is 0.497. The van der Waals surface area contributed by atoms with Gasteiger partial charge < -0.3 is 4.74 Å². The lowest BCUT2D eigenvalue weighted by Crippen LogP contribution is -1.92. The van der Waals surface area contributed by atoms with E-state index < -0.39 is 4.92 Å². The Morgan fingerprint density at radius 2 is 2.25 bits per heavy atom. The fourth-order valence-electron chi connectivity index (χ4n) is 0.841. The fraction of sp³-hybridized carbons (Fsp3) is 0.125. The Labute approximate surface area is 69.9 Å². The van der Waals surface area contributed by atoms with Crippen molar-refractivity contribution in [1.82, 2.24) is 0 Å². The molecule has 4 heteroatoms. The van der Waals surface area contributed by atoms with Crippen molar-refractivity contribution in [2.24, 2.45) is 0 Å². The van der Waals surface area contributed by atoms with E-state index in [4.69, 9.17) is 4.74 Å². The van der Waals surface area contributed by atoms with Crippen LogP contribution in [0.25, 0.3) is 0 Å². The SMILES string of the molecule is [CH2]c1ccc(OC)cc1[N+](=O)[O-]. The van der Waals surface area contributed by atoms with Gasteiger partial charge in [-0.05, 0) is 19.1 Å². The van der Waals surface area contributed by atoms with Crippen LogP contribution in [-0.2, 0) is 0 Å². The summed E-state index contributed by atoms with van der Waals surface area (Å²) in [6.45, 7) is 3.52. The van der Waals surface area contributed by atoms with Crippen molar-refractivity contribution in [2.45, 2.75) is 0 Å². The number of nitrogens with zero attached hydrogens (tertiary/aromatic N) is 1. The molecule has 1 radical (unpaired) electrons. The van der Waals surface area contributed by atoms with Gasteiger partial charge in [0.1, 0.15) is 5.75 Å². The summed E-state index contributed by atoms with van der Waals surface area (Å²) in [5.74, 6) is 0.467. The number of ether oxygens (including phenoxy) is 1. The molecule has 0 heterocycles. The number of nitro groups is 1. The van der Waals surface area contributed by atoms with Gasteiger partial charge in [0, 0.05) is 5.56 Å². The van der Waals surface area contributed by atoms with Gasteiger partial charge in [-0.3, -0.25) is 10.1 Å². The highest BCUT2D eigenvalue weighted by Gasteiger charge is 2.10. The van der Waals surface area contributed by atoms with E-state index >= 15 is 0 Å². The van der Waals surface area contributed by atoms with Crippen molar-refractivity contribution in [3.63, 3.8) is 0 Å². The van der Waals surface area contributed by atoms with Crippen molar-refractivity contribution in [2.75, 3.05) is 7.11 Å². The number of nitro benzene ring substituents is 1. The maximum absolute atomic E-state index is 10.4. The van der Waals surface area contributed by atoms with Crippen LogP contribution < -0.4 is 4.74 Å². The standard InChI is InChI=1S/C8H8NO3/c1-6-3-4-7(12-2)5-8(6)9(10)11/h3-5H,1H2,2H3. The lowest BCUT2D eigenvalue weighted by atomic mass is 10.2. The zero-order valence-electron chi connectivity index (χ0n) is 6.61. The average Bonchev–Trinajstić information content (AvgIpc) is 2.05. The van der Waals surface area contributed by atoms with Gasteiger partial charge in [-0.2, -0.15) is 0 Å². The molecule has 12 heavy (non-hydrogen) atoms. The van der Waals surface area contributed by atoms with Gasteiger partial charge in [0.25, 0.3) is 5.69 Å². The second kappa shape index (κ2) is 3.21. The Morgan fingerprint density at radius 1 is 1.58 bits per heavy atom. The molecule has 0 unspecified atom stereocenters. The van der Waals surface area contributed by atoms with E-state index in [2.05, 4.69) is 6.92 Å². The molecule has 4 nitrogen and oxygen atoms in total. The summed E-state index contributed by atoms with van der Waals surface area (Å²) >= 11 is 0. The molecule has 1 aromatic carbocycles. The largest absolute Gasteiger partial charge is 0.497 e. The van der Waals surface area contributed by atoms with Crippen molar-refractivity contribution >= 4 is 5.69 Å². The summed E-state index contributed by atoms with van der Waals surface area (Å²) in [4.78, 5) is 9.92. The minimum absolute atomic E-state index is 0.0191. The molecule has 0 bridgehead atoms. The number of hydrogen-bond donors (Lipinski definition) is 0. The van der Waals surface area contributed by atoms with Gasteiger partial charge in [-0.15, -0.1) is 0 Å². The molecule has 0 aliphatic rings. The predicted octanol–water partition coefficient (Wildman–Crippen LogP) is 1.79. The van der Waals surface area contributed by atoms with Gasteiger partial charge in [0.2, 0.25) is 0 Å². The maximum Gasteiger partial charge on any atom is 0.276 e. The summed E-state index contributed by atoms with van der Waals surface area (Å²) in [6, 6.07) is 4.54. The maximum atomic E-state index is 10.4. The molecule has 0 saturated carbocycles. The van der Waals surface area contributed by atoms with Crippen LogP contribution in [0.2, 0.25) is 0 Å². The molecule has 1 rings (SSSR count). The van der Waals surface area contributed by atoms with Crippen molar-refractivity contribution in [3.05, 3.63) is 40.8 Å².